The fourth-order valence-corrected chi connectivity index (χ4v) is 3.27. The van der Waals surface area contributed by atoms with Crippen LogP contribution in [-0.4, -0.2) is 29.9 Å². The molecule has 0 heterocycles. The molecule has 1 N–H and O–H groups in total. The van der Waals surface area contributed by atoms with Crippen molar-refractivity contribution in [3.05, 3.63) is 29.3 Å². The van der Waals surface area contributed by atoms with Crippen LogP contribution < -0.4 is 5.32 Å². The third-order valence-electron chi connectivity index (χ3n) is 3.02. The maximum absolute atomic E-state index is 12.2. The fraction of sp³-hybridized carbons (Fsp3) is 0.562. The summed E-state index contributed by atoms with van der Waals surface area (Å²) < 4.78 is 5.20. The number of thioether (sulfide) groups is 1. The smallest absolute Gasteiger partial charge is 0.326 e. The predicted octanol–water partition coefficient (Wildman–Crippen LogP) is 4.14. The second kappa shape index (κ2) is 8.66. The number of esters is 1. The minimum Gasteiger partial charge on any atom is -0.465 e. The summed E-state index contributed by atoms with van der Waals surface area (Å²) in [6, 6.07) is 7.96. The molecule has 0 saturated carbocycles. The Morgan fingerprint density at radius 3 is 2.52 bits per heavy atom. The highest BCUT2D eigenvalue weighted by atomic mass is 35.5. The number of nitrogens with one attached hydrogen (secondary N) is 1. The summed E-state index contributed by atoms with van der Waals surface area (Å²) >= 11 is 7.58. The average Bonchev–Trinajstić information content (AvgIpc) is 2.40. The van der Waals surface area contributed by atoms with Gasteiger partial charge in [0.1, 0.15) is 5.54 Å². The first-order chi connectivity index (χ1) is 9.87. The van der Waals surface area contributed by atoms with Crippen molar-refractivity contribution >= 4 is 29.3 Å². The highest BCUT2D eigenvalue weighted by molar-refractivity contribution is 7.99. The first kappa shape index (κ1) is 18.3. The molecule has 0 aromatic heterocycles. The van der Waals surface area contributed by atoms with Crippen molar-refractivity contribution in [3.63, 3.8) is 0 Å². The second-order valence-corrected chi connectivity index (χ2v) is 7.01. The zero-order chi connectivity index (χ0) is 15.9. The van der Waals surface area contributed by atoms with E-state index >= 15 is 0 Å². The Kier molecular flexibility index (Phi) is 7.57. The number of halogens is 1. The lowest BCUT2D eigenvalue weighted by atomic mass is 9.98. The molecule has 0 fully saturated rings. The number of carbonyl (C=O) groups is 1. The maximum atomic E-state index is 12.2. The van der Waals surface area contributed by atoms with E-state index in [1.807, 2.05) is 52.0 Å². The second-order valence-electron chi connectivity index (χ2n) is 5.40. The predicted molar refractivity (Wildman–Crippen MR) is 90.1 cm³/mol. The number of carbonyl (C=O) groups excluding carboxylic acids is 1. The van der Waals surface area contributed by atoms with Crippen LogP contribution in [0.25, 0.3) is 0 Å². The monoisotopic (exact) mass is 329 g/mol. The molecule has 1 unspecified atom stereocenters. The summed E-state index contributed by atoms with van der Waals surface area (Å²) in [4.78, 5) is 13.3. The molecular formula is C16H24ClNO2S. The Balaban J connectivity index is 2.60. The molecule has 1 aromatic rings. The summed E-state index contributed by atoms with van der Waals surface area (Å²) in [6.45, 7) is 8.20. The molecule has 5 heteroatoms. The SMILES string of the molecule is CCOC(=O)C(C)(CCSc1ccc(Cl)cc1)NC(C)C. The number of hydrogen-bond donors (Lipinski definition) is 1. The molecule has 1 aromatic carbocycles. The molecule has 0 spiro atoms. The molecule has 0 amide bonds. The summed E-state index contributed by atoms with van der Waals surface area (Å²) in [6.07, 6.45) is 0.706. The first-order valence-corrected chi connectivity index (χ1v) is 8.57. The van der Waals surface area contributed by atoms with Gasteiger partial charge >= 0.3 is 5.97 Å². The van der Waals surface area contributed by atoms with Crippen LogP contribution >= 0.6 is 23.4 Å². The van der Waals surface area contributed by atoms with Crippen molar-refractivity contribution in [2.24, 2.45) is 0 Å². The van der Waals surface area contributed by atoms with Gasteiger partial charge in [-0.05, 0) is 58.4 Å². The van der Waals surface area contributed by atoms with Crippen molar-refractivity contribution in [3.8, 4) is 0 Å². The van der Waals surface area contributed by atoms with E-state index in [9.17, 15) is 4.79 Å². The Morgan fingerprint density at radius 2 is 2.00 bits per heavy atom. The number of benzene rings is 1. The highest BCUT2D eigenvalue weighted by Crippen LogP contribution is 2.24. The molecule has 0 aliphatic heterocycles. The zero-order valence-electron chi connectivity index (χ0n) is 13.1. The van der Waals surface area contributed by atoms with Gasteiger partial charge in [-0.1, -0.05) is 11.6 Å². The third kappa shape index (κ3) is 6.29. The van der Waals surface area contributed by atoms with Gasteiger partial charge in [0.15, 0.2) is 0 Å². The lowest BCUT2D eigenvalue weighted by molar-refractivity contribution is -0.150. The van der Waals surface area contributed by atoms with Crippen LogP contribution in [0.5, 0.6) is 0 Å². The van der Waals surface area contributed by atoms with Gasteiger partial charge in [-0.25, -0.2) is 0 Å². The molecule has 0 saturated heterocycles. The molecule has 118 valence electrons. The summed E-state index contributed by atoms with van der Waals surface area (Å²) in [5, 5.41) is 4.06. The van der Waals surface area contributed by atoms with E-state index in [2.05, 4.69) is 5.32 Å². The Morgan fingerprint density at radius 1 is 1.38 bits per heavy atom. The number of hydrogen-bond acceptors (Lipinski definition) is 4. The lowest BCUT2D eigenvalue weighted by Crippen LogP contribution is -2.53. The third-order valence-corrected chi connectivity index (χ3v) is 4.28. The van der Waals surface area contributed by atoms with Crippen LogP contribution in [0.3, 0.4) is 0 Å². The van der Waals surface area contributed by atoms with Crippen molar-refractivity contribution < 1.29 is 9.53 Å². The van der Waals surface area contributed by atoms with Gasteiger partial charge in [-0.15, -0.1) is 11.8 Å². The summed E-state index contributed by atoms with van der Waals surface area (Å²) in [5.41, 5.74) is -0.649. The van der Waals surface area contributed by atoms with Crippen molar-refractivity contribution in [1.82, 2.24) is 5.32 Å². The Hall–Kier alpha value is -0.710. The van der Waals surface area contributed by atoms with Crippen LogP contribution in [0.4, 0.5) is 0 Å². The molecular weight excluding hydrogens is 306 g/mol. The van der Waals surface area contributed by atoms with Gasteiger partial charge in [-0.2, -0.15) is 0 Å². The molecule has 0 aliphatic carbocycles. The molecule has 0 aliphatic rings. The molecule has 1 rings (SSSR count). The van der Waals surface area contributed by atoms with Crippen LogP contribution in [0.1, 0.15) is 34.1 Å². The van der Waals surface area contributed by atoms with Gasteiger partial charge in [0.05, 0.1) is 6.61 Å². The standard InChI is InChI=1S/C16H24ClNO2S/c1-5-20-15(19)16(4,18-12(2)3)10-11-21-14-8-6-13(17)7-9-14/h6-9,12,18H,5,10-11H2,1-4H3. The minimum atomic E-state index is -0.649. The van der Waals surface area contributed by atoms with Crippen molar-refractivity contribution in [2.75, 3.05) is 12.4 Å². The molecule has 0 radical (unpaired) electrons. The maximum Gasteiger partial charge on any atom is 0.326 e. The number of rotatable bonds is 8. The largest absolute Gasteiger partial charge is 0.465 e. The quantitative estimate of drug-likeness (QED) is 0.574. The topological polar surface area (TPSA) is 38.3 Å². The summed E-state index contributed by atoms with van der Waals surface area (Å²) in [5.74, 6) is 0.645. The van der Waals surface area contributed by atoms with Crippen LogP contribution in [0.15, 0.2) is 29.2 Å². The van der Waals surface area contributed by atoms with Crippen LogP contribution in [0, 0.1) is 0 Å². The van der Waals surface area contributed by atoms with E-state index in [0.717, 1.165) is 15.7 Å². The van der Waals surface area contributed by atoms with E-state index in [1.54, 1.807) is 11.8 Å². The van der Waals surface area contributed by atoms with E-state index in [4.69, 9.17) is 16.3 Å². The normalized spacial score (nSPS) is 14.0. The van der Waals surface area contributed by atoms with Gasteiger partial charge in [0.2, 0.25) is 0 Å². The van der Waals surface area contributed by atoms with Gasteiger partial charge in [0, 0.05) is 21.7 Å². The van der Waals surface area contributed by atoms with Crippen molar-refractivity contribution in [1.29, 1.82) is 0 Å². The van der Waals surface area contributed by atoms with E-state index in [-0.39, 0.29) is 12.0 Å². The van der Waals surface area contributed by atoms with Crippen LogP contribution in [-0.2, 0) is 9.53 Å². The van der Waals surface area contributed by atoms with Gasteiger partial charge in [0.25, 0.3) is 0 Å². The minimum absolute atomic E-state index is 0.185. The average molecular weight is 330 g/mol. The van der Waals surface area contributed by atoms with E-state index in [1.165, 1.54) is 0 Å². The summed E-state index contributed by atoms with van der Waals surface area (Å²) in [7, 11) is 0. The first-order valence-electron chi connectivity index (χ1n) is 7.20. The van der Waals surface area contributed by atoms with Gasteiger partial charge < -0.3 is 4.74 Å². The fourth-order valence-electron chi connectivity index (χ4n) is 2.06. The molecule has 21 heavy (non-hydrogen) atoms. The Bertz CT molecular complexity index is 450. The lowest BCUT2D eigenvalue weighted by Gasteiger charge is -2.30. The van der Waals surface area contributed by atoms with Crippen molar-refractivity contribution in [2.45, 2.75) is 50.6 Å². The molecule has 1 atom stereocenters. The zero-order valence-corrected chi connectivity index (χ0v) is 14.7. The molecule has 3 nitrogen and oxygen atoms in total. The van der Waals surface area contributed by atoms with Crippen LogP contribution in [0.2, 0.25) is 5.02 Å². The highest BCUT2D eigenvalue weighted by Gasteiger charge is 2.34. The number of ether oxygens (including phenoxy) is 1. The van der Waals surface area contributed by atoms with E-state index < -0.39 is 5.54 Å². The van der Waals surface area contributed by atoms with E-state index in [0.29, 0.717) is 13.0 Å². The molecule has 0 bridgehead atoms. The van der Waals surface area contributed by atoms with Gasteiger partial charge in [-0.3, -0.25) is 10.1 Å². The Labute approximate surface area is 136 Å².